The average molecular weight is 311 g/mol. The molecule has 3 aromatic rings. The molecule has 2 aromatic heterocycles. The largest absolute Gasteiger partial charge is 0.497 e. The van der Waals surface area contributed by atoms with E-state index in [2.05, 4.69) is 4.98 Å². The van der Waals surface area contributed by atoms with E-state index >= 15 is 0 Å². The summed E-state index contributed by atoms with van der Waals surface area (Å²) >= 11 is 0. The van der Waals surface area contributed by atoms with E-state index in [-0.39, 0.29) is 12.3 Å². The zero-order valence-electron chi connectivity index (χ0n) is 12.3. The number of aromatic nitrogens is 1. The predicted molar refractivity (Wildman–Crippen MR) is 82.4 cm³/mol. The molecule has 0 aliphatic carbocycles. The fourth-order valence-corrected chi connectivity index (χ4v) is 2.16. The number of pyridine rings is 1. The van der Waals surface area contributed by atoms with Gasteiger partial charge in [-0.15, -0.1) is 0 Å². The third-order valence-electron chi connectivity index (χ3n) is 3.27. The van der Waals surface area contributed by atoms with E-state index in [1.807, 2.05) is 0 Å². The summed E-state index contributed by atoms with van der Waals surface area (Å²) in [6.45, 7) is -0.0517. The smallest absolute Gasteiger partial charge is 0.357 e. The van der Waals surface area contributed by atoms with Gasteiger partial charge in [0, 0.05) is 29.3 Å². The number of carbonyl (C=O) groups is 1. The first-order valence-corrected chi connectivity index (χ1v) is 6.86. The molecule has 2 heterocycles. The topological polar surface area (TPSA) is 78.6 Å². The number of carbonyl (C=O) groups excluding carboxylic acids is 1. The molecule has 0 saturated heterocycles. The highest BCUT2D eigenvalue weighted by Crippen LogP contribution is 2.23. The molecule has 0 aliphatic rings. The Morgan fingerprint density at radius 2 is 2.09 bits per heavy atom. The lowest BCUT2D eigenvalue weighted by molar-refractivity contribution is 0.0467. The minimum Gasteiger partial charge on any atom is -0.497 e. The normalized spacial score (nSPS) is 10.5. The number of ether oxygens (including phenoxy) is 2. The molecular weight excluding hydrogens is 298 g/mol. The lowest BCUT2D eigenvalue weighted by atomic mass is 10.1. The monoisotopic (exact) mass is 311 g/mol. The fraction of sp³-hybridized carbons (Fsp3) is 0.118. The van der Waals surface area contributed by atoms with Gasteiger partial charge in [0.05, 0.1) is 7.11 Å². The molecule has 1 aromatic carbocycles. The van der Waals surface area contributed by atoms with Crippen LogP contribution in [0.15, 0.2) is 57.9 Å². The first-order valence-electron chi connectivity index (χ1n) is 6.86. The van der Waals surface area contributed by atoms with E-state index in [9.17, 15) is 9.59 Å². The zero-order chi connectivity index (χ0) is 16.2. The van der Waals surface area contributed by atoms with Gasteiger partial charge in [0.1, 0.15) is 23.6 Å². The fourth-order valence-electron chi connectivity index (χ4n) is 2.16. The first kappa shape index (κ1) is 14.8. The Balaban J connectivity index is 1.88. The number of benzene rings is 1. The average Bonchev–Trinajstić information content (AvgIpc) is 2.59. The highest BCUT2D eigenvalue weighted by molar-refractivity contribution is 5.87. The molecule has 0 bridgehead atoms. The van der Waals surface area contributed by atoms with Crippen molar-refractivity contribution in [3.05, 3.63) is 70.3 Å². The third-order valence-corrected chi connectivity index (χ3v) is 3.27. The molecule has 0 saturated carbocycles. The van der Waals surface area contributed by atoms with Crippen molar-refractivity contribution in [2.24, 2.45) is 0 Å². The summed E-state index contributed by atoms with van der Waals surface area (Å²) in [6.07, 6.45) is 1.51. The van der Waals surface area contributed by atoms with Crippen LogP contribution in [0.3, 0.4) is 0 Å². The second kappa shape index (κ2) is 6.31. The van der Waals surface area contributed by atoms with Crippen LogP contribution in [0.25, 0.3) is 11.0 Å². The van der Waals surface area contributed by atoms with Gasteiger partial charge >= 0.3 is 11.6 Å². The van der Waals surface area contributed by atoms with E-state index in [0.29, 0.717) is 22.3 Å². The number of fused-ring (bicyclic) bond motifs is 1. The third kappa shape index (κ3) is 3.21. The number of hydrogen-bond donors (Lipinski definition) is 0. The van der Waals surface area contributed by atoms with Crippen molar-refractivity contribution in [1.82, 2.24) is 4.98 Å². The molecule has 0 unspecified atom stereocenters. The molecule has 6 nitrogen and oxygen atoms in total. The summed E-state index contributed by atoms with van der Waals surface area (Å²) in [5.41, 5.74) is 0.625. The molecule has 0 N–H and O–H groups in total. The van der Waals surface area contributed by atoms with Crippen LogP contribution in [-0.4, -0.2) is 18.1 Å². The molecule has 0 atom stereocenters. The van der Waals surface area contributed by atoms with Gasteiger partial charge in [-0.25, -0.2) is 14.6 Å². The Hall–Kier alpha value is -3.15. The molecule has 0 spiro atoms. The van der Waals surface area contributed by atoms with Gasteiger partial charge in [0.25, 0.3) is 0 Å². The van der Waals surface area contributed by atoms with Crippen LogP contribution in [0, 0.1) is 0 Å². The van der Waals surface area contributed by atoms with Crippen LogP contribution in [0.2, 0.25) is 0 Å². The number of methoxy groups -OCH3 is 1. The molecule has 116 valence electrons. The Morgan fingerprint density at radius 1 is 1.22 bits per heavy atom. The van der Waals surface area contributed by atoms with Gasteiger partial charge in [0.2, 0.25) is 0 Å². The summed E-state index contributed by atoms with van der Waals surface area (Å²) in [5, 5.41) is 0.680. The maximum Gasteiger partial charge on any atom is 0.357 e. The van der Waals surface area contributed by atoms with Gasteiger partial charge in [-0.05, 0) is 24.3 Å². The molecular formula is C17H13NO5. The summed E-state index contributed by atoms with van der Waals surface area (Å²) in [4.78, 5) is 27.5. The second-order valence-corrected chi connectivity index (χ2v) is 4.74. The van der Waals surface area contributed by atoms with Crippen LogP contribution in [0.4, 0.5) is 0 Å². The number of rotatable bonds is 4. The predicted octanol–water partition coefficient (Wildman–Crippen LogP) is 2.55. The number of esters is 1. The van der Waals surface area contributed by atoms with Crippen molar-refractivity contribution in [1.29, 1.82) is 0 Å². The molecule has 0 radical (unpaired) electrons. The SMILES string of the molecule is COc1ccc2c(COC(=O)c3ccccn3)cc(=O)oc2c1. The summed E-state index contributed by atoms with van der Waals surface area (Å²) in [7, 11) is 1.53. The quantitative estimate of drug-likeness (QED) is 0.544. The zero-order valence-corrected chi connectivity index (χ0v) is 12.3. The van der Waals surface area contributed by atoms with Crippen LogP contribution in [0.1, 0.15) is 16.1 Å². The highest BCUT2D eigenvalue weighted by Gasteiger charge is 2.11. The van der Waals surface area contributed by atoms with Gasteiger partial charge < -0.3 is 13.9 Å². The maximum atomic E-state index is 11.9. The van der Waals surface area contributed by atoms with Crippen molar-refractivity contribution < 1.29 is 18.7 Å². The molecule has 3 rings (SSSR count). The van der Waals surface area contributed by atoms with Crippen molar-refractivity contribution in [2.45, 2.75) is 6.61 Å². The molecule has 23 heavy (non-hydrogen) atoms. The summed E-state index contributed by atoms with van der Waals surface area (Å²) in [6, 6.07) is 11.4. The Labute approximate surface area is 131 Å². The summed E-state index contributed by atoms with van der Waals surface area (Å²) in [5.74, 6) is 0.0174. The highest BCUT2D eigenvalue weighted by atomic mass is 16.5. The van der Waals surface area contributed by atoms with Crippen molar-refractivity contribution in [3.8, 4) is 5.75 Å². The van der Waals surface area contributed by atoms with E-state index in [1.54, 1.807) is 36.4 Å². The number of nitrogens with zero attached hydrogens (tertiary/aromatic N) is 1. The van der Waals surface area contributed by atoms with E-state index < -0.39 is 11.6 Å². The minimum absolute atomic E-state index is 0.0517. The van der Waals surface area contributed by atoms with Crippen LogP contribution >= 0.6 is 0 Å². The molecule has 0 fully saturated rings. The van der Waals surface area contributed by atoms with E-state index in [1.165, 1.54) is 19.4 Å². The summed E-state index contributed by atoms with van der Waals surface area (Å²) < 4.78 is 15.5. The van der Waals surface area contributed by atoms with Crippen molar-refractivity contribution >= 4 is 16.9 Å². The van der Waals surface area contributed by atoms with Gasteiger partial charge in [-0.2, -0.15) is 0 Å². The van der Waals surface area contributed by atoms with Crippen molar-refractivity contribution in [2.75, 3.05) is 7.11 Å². The van der Waals surface area contributed by atoms with Crippen molar-refractivity contribution in [3.63, 3.8) is 0 Å². The van der Waals surface area contributed by atoms with Gasteiger partial charge in [-0.1, -0.05) is 6.07 Å². The lowest BCUT2D eigenvalue weighted by Gasteiger charge is -2.08. The first-order chi connectivity index (χ1) is 11.2. The maximum absolute atomic E-state index is 11.9. The van der Waals surface area contributed by atoms with Gasteiger partial charge in [-0.3, -0.25) is 0 Å². The van der Waals surface area contributed by atoms with Gasteiger partial charge in [0.15, 0.2) is 0 Å². The number of hydrogen-bond acceptors (Lipinski definition) is 6. The second-order valence-electron chi connectivity index (χ2n) is 4.74. The Kier molecular flexibility index (Phi) is 4.05. The van der Waals surface area contributed by atoms with Crippen LogP contribution in [0.5, 0.6) is 5.75 Å². The van der Waals surface area contributed by atoms with Crippen LogP contribution in [-0.2, 0) is 11.3 Å². The van der Waals surface area contributed by atoms with Crippen LogP contribution < -0.4 is 10.4 Å². The lowest BCUT2D eigenvalue weighted by Crippen LogP contribution is -2.09. The van der Waals surface area contributed by atoms with E-state index in [0.717, 1.165) is 0 Å². The molecule has 0 aliphatic heterocycles. The van der Waals surface area contributed by atoms with E-state index in [4.69, 9.17) is 13.9 Å². The standard InChI is InChI=1S/C17H13NO5/c1-21-12-5-6-13-11(8-16(19)23-15(13)9-12)10-22-17(20)14-4-2-3-7-18-14/h2-9H,10H2,1H3. The molecule has 0 amide bonds. The molecule has 6 heteroatoms. The Morgan fingerprint density at radius 3 is 2.83 bits per heavy atom. The Bertz CT molecular complexity index is 902. The minimum atomic E-state index is -0.555.